The lowest BCUT2D eigenvalue weighted by molar-refractivity contribution is -0.113. The first-order chi connectivity index (χ1) is 10.6. The predicted octanol–water partition coefficient (Wildman–Crippen LogP) is 3.68. The van der Waals surface area contributed by atoms with Gasteiger partial charge in [-0.15, -0.1) is 0 Å². The van der Waals surface area contributed by atoms with E-state index in [1.54, 1.807) is 36.4 Å². The minimum Gasteiger partial charge on any atom is -0.302 e. The molecule has 5 heteroatoms. The minimum atomic E-state index is -2.02. The summed E-state index contributed by atoms with van der Waals surface area (Å²) in [7, 11) is 0. The molecule has 0 bridgehead atoms. The lowest BCUT2D eigenvalue weighted by Crippen LogP contribution is -1.96. The van der Waals surface area contributed by atoms with Gasteiger partial charge in [0.15, 0.2) is 16.9 Å². The molecule has 1 aliphatic carbocycles. The van der Waals surface area contributed by atoms with Crippen molar-refractivity contribution < 1.29 is 17.9 Å². The Hall–Kier alpha value is -2.11. The average molecular weight is 316 g/mol. The molecule has 0 spiro atoms. The topological polar surface area (TPSA) is 54.4 Å². The van der Waals surface area contributed by atoms with Gasteiger partial charge in [-0.3, -0.25) is 4.79 Å². The van der Waals surface area contributed by atoms with E-state index in [2.05, 4.69) is 0 Å². The molecule has 0 aromatic heterocycles. The van der Waals surface area contributed by atoms with Gasteiger partial charge in [0.1, 0.15) is 5.82 Å². The Labute approximate surface area is 129 Å². The monoisotopic (exact) mass is 316 g/mol. The van der Waals surface area contributed by atoms with Gasteiger partial charge in [-0.25, -0.2) is 8.60 Å². The Morgan fingerprint density at radius 1 is 0.909 bits per heavy atom. The summed E-state index contributed by atoms with van der Waals surface area (Å²) in [5.41, 5.74) is 3.05. The van der Waals surface area contributed by atoms with E-state index in [-0.39, 0.29) is 11.6 Å². The number of carbonyl (C=O) groups is 1. The summed E-state index contributed by atoms with van der Waals surface area (Å²) in [6.45, 7) is 0. The van der Waals surface area contributed by atoms with Crippen LogP contribution in [0.2, 0.25) is 0 Å². The summed E-state index contributed by atoms with van der Waals surface area (Å²) < 4.78 is 33.1. The van der Waals surface area contributed by atoms with Crippen molar-refractivity contribution in [2.45, 2.75) is 17.7 Å². The number of carbonyl (C=O) groups excluding carboxylic acids is 1. The number of ketones is 1. The molecule has 0 amide bonds. The molecular formula is C17H13FO3S. The van der Waals surface area contributed by atoms with Crippen LogP contribution in [0, 0.1) is 5.82 Å². The van der Waals surface area contributed by atoms with Crippen LogP contribution in [0.3, 0.4) is 0 Å². The highest BCUT2D eigenvalue weighted by atomic mass is 32.2. The maximum atomic E-state index is 13.1. The van der Waals surface area contributed by atoms with Crippen LogP contribution in [0.4, 0.5) is 4.39 Å². The highest BCUT2D eigenvalue weighted by Crippen LogP contribution is 2.37. The van der Waals surface area contributed by atoms with Crippen LogP contribution in [0.25, 0.3) is 11.1 Å². The van der Waals surface area contributed by atoms with E-state index in [0.29, 0.717) is 28.9 Å². The van der Waals surface area contributed by atoms with Gasteiger partial charge in [-0.2, -0.15) is 0 Å². The summed E-state index contributed by atoms with van der Waals surface area (Å²) in [4.78, 5) is 12.5. The maximum Gasteiger partial charge on any atom is 0.186 e. The zero-order chi connectivity index (χ0) is 15.7. The van der Waals surface area contributed by atoms with Gasteiger partial charge >= 0.3 is 0 Å². The molecule has 0 aliphatic heterocycles. The number of halogens is 1. The number of hydrogen-bond donors (Lipinski definition) is 1. The molecule has 1 N–H and O–H groups in total. The quantitative estimate of drug-likeness (QED) is 0.879. The smallest absolute Gasteiger partial charge is 0.186 e. The molecular weight excluding hydrogens is 303 g/mol. The van der Waals surface area contributed by atoms with Gasteiger partial charge in [0.05, 0.1) is 4.90 Å². The van der Waals surface area contributed by atoms with Gasteiger partial charge in [-0.1, -0.05) is 24.3 Å². The van der Waals surface area contributed by atoms with E-state index in [0.717, 1.165) is 11.1 Å². The van der Waals surface area contributed by atoms with Gasteiger partial charge in [0.25, 0.3) is 0 Å². The van der Waals surface area contributed by atoms with Crippen molar-refractivity contribution in [1.29, 1.82) is 0 Å². The normalized spacial score (nSPS) is 16.2. The van der Waals surface area contributed by atoms with Crippen molar-refractivity contribution >= 4 is 28.0 Å². The summed E-state index contributed by atoms with van der Waals surface area (Å²) in [6, 6.07) is 12.5. The van der Waals surface area contributed by atoms with Crippen LogP contribution in [0.15, 0.2) is 53.4 Å². The fourth-order valence-corrected chi connectivity index (χ4v) is 3.04. The molecule has 22 heavy (non-hydrogen) atoms. The zero-order valence-corrected chi connectivity index (χ0v) is 12.4. The lowest BCUT2D eigenvalue weighted by Gasteiger charge is -2.08. The summed E-state index contributed by atoms with van der Waals surface area (Å²) >= 11 is -2.02. The molecule has 2 aromatic carbocycles. The van der Waals surface area contributed by atoms with Crippen molar-refractivity contribution in [3.63, 3.8) is 0 Å². The number of benzene rings is 2. The molecule has 3 rings (SSSR count). The van der Waals surface area contributed by atoms with Crippen LogP contribution in [0.5, 0.6) is 0 Å². The molecule has 0 saturated carbocycles. The molecule has 1 atom stereocenters. The molecule has 3 nitrogen and oxygen atoms in total. The zero-order valence-electron chi connectivity index (χ0n) is 11.6. The summed E-state index contributed by atoms with van der Waals surface area (Å²) in [5.74, 6) is -0.303. The first-order valence-electron chi connectivity index (χ1n) is 6.80. The fraction of sp³-hybridized carbons (Fsp3) is 0.118. The predicted molar refractivity (Wildman–Crippen MR) is 82.9 cm³/mol. The Morgan fingerprint density at radius 3 is 2.09 bits per heavy atom. The second-order valence-corrected chi connectivity index (χ2v) is 6.03. The molecule has 0 saturated heterocycles. The van der Waals surface area contributed by atoms with Crippen LogP contribution in [-0.2, 0) is 15.9 Å². The van der Waals surface area contributed by atoms with Crippen molar-refractivity contribution in [2.24, 2.45) is 0 Å². The Bertz CT molecular complexity index is 777. The molecule has 112 valence electrons. The molecule has 1 unspecified atom stereocenters. The molecule has 0 heterocycles. The third kappa shape index (κ3) is 2.77. The maximum absolute atomic E-state index is 13.1. The van der Waals surface area contributed by atoms with E-state index < -0.39 is 11.1 Å². The van der Waals surface area contributed by atoms with Crippen LogP contribution in [0.1, 0.15) is 24.0 Å². The van der Waals surface area contributed by atoms with E-state index in [9.17, 15) is 13.4 Å². The van der Waals surface area contributed by atoms with Gasteiger partial charge in [-0.05, 0) is 47.4 Å². The Morgan fingerprint density at radius 2 is 1.50 bits per heavy atom. The van der Waals surface area contributed by atoms with Crippen molar-refractivity contribution in [2.75, 3.05) is 0 Å². The average Bonchev–Trinajstić information content (AvgIpc) is 2.90. The van der Waals surface area contributed by atoms with E-state index in [4.69, 9.17) is 4.55 Å². The highest BCUT2D eigenvalue weighted by Gasteiger charge is 2.25. The van der Waals surface area contributed by atoms with Crippen molar-refractivity contribution in [3.8, 4) is 0 Å². The summed E-state index contributed by atoms with van der Waals surface area (Å²) in [5, 5.41) is 0. The molecule has 1 aliphatic rings. The standard InChI is InChI=1S/C17H13FO3S/c18-13-5-1-12(2-6-13)17-15(9-10-16(17)19)11-3-7-14(8-4-11)22(20)21/h1-8H,9-10H2,(H,20,21). The Kier molecular flexibility index (Phi) is 4.00. The number of allylic oxidation sites excluding steroid dienone is 2. The number of Topliss-reactive ketones (excluding diaryl/α,β-unsaturated/α-hetero) is 1. The molecule has 0 fully saturated rings. The van der Waals surface area contributed by atoms with Crippen molar-refractivity contribution in [3.05, 3.63) is 65.5 Å². The van der Waals surface area contributed by atoms with Crippen molar-refractivity contribution in [1.82, 2.24) is 0 Å². The summed E-state index contributed by atoms with van der Waals surface area (Å²) in [6.07, 6.45) is 1.04. The lowest BCUT2D eigenvalue weighted by atomic mass is 9.97. The first kappa shape index (κ1) is 14.8. The molecule has 2 aromatic rings. The van der Waals surface area contributed by atoms with Crippen LogP contribution >= 0.6 is 0 Å². The van der Waals surface area contributed by atoms with Gasteiger partial charge < -0.3 is 4.55 Å². The largest absolute Gasteiger partial charge is 0.302 e. The van der Waals surface area contributed by atoms with E-state index in [1.165, 1.54) is 12.1 Å². The second-order valence-electron chi connectivity index (χ2n) is 5.06. The van der Waals surface area contributed by atoms with Gasteiger partial charge in [0, 0.05) is 12.0 Å². The SMILES string of the molecule is O=C1CCC(c2ccc(S(=O)O)cc2)=C1c1ccc(F)cc1. The number of rotatable bonds is 3. The highest BCUT2D eigenvalue weighted by molar-refractivity contribution is 7.79. The third-order valence-electron chi connectivity index (χ3n) is 3.72. The van der Waals surface area contributed by atoms with Crippen LogP contribution < -0.4 is 0 Å². The van der Waals surface area contributed by atoms with E-state index >= 15 is 0 Å². The third-order valence-corrected chi connectivity index (χ3v) is 4.40. The van der Waals surface area contributed by atoms with Crippen LogP contribution in [-0.4, -0.2) is 14.5 Å². The first-order valence-corrected chi connectivity index (χ1v) is 7.90. The molecule has 0 radical (unpaired) electrons. The minimum absolute atomic E-state index is 0.0384. The van der Waals surface area contributed by atoms with E-state index in [1.807, 2.05) is 0 Å². The fourth-order valence-electron chi connectivity index (χ4n) is 2.67. The second kappa shape index (κ2) is 5.94. The van der Waals surface area contributed by atoms with Gasteiger partial charge in [0.2, 0.25) is 0 Å². The number of hydrogen-bond acceptors (Lipinski definition) is 2. The Balaban J connectivity index is 2.07.